The molecule has 0 aliphatic carbocycles. The molecule has 2 rings (SSSR count). The van der Waals surface area contributed by atoms with Gasteiger partial charge in [-0.2, -0.15) is 0 Å². The minimum atomic E-state index is 0.213. The van der Waals surface area contributed by atoms with Crippen LogP contribution in [0.1, 0.15) is 19.4 Å². The Labute approximate surface area is 71.0 Å². The summed E-state index contributed by atoms with van der Waals surface area (Å²) < 4.78 is 0. The molecule has 2 aromatic carbocycles. The van der Waals surface area contributed by atoms with Gasteiger partial charge in [0.1, 0.15) is 0 Å². The second-order valence-corrected chi connectivity index (χ2v) is 3.06. The lowest BCUT2D eigenvalue weighted by molar-refractivity contribution is 1.58. The quantitative estimate of drug-likeness (QED) is 0.623. The molecule has 0 aromatic heterocycles. The van der Waals surface area contributed by atoms with Crippen molar-refractivity contribution < 1.29 is 0 Å². The first kappa shape index (κ1) is 7.29. The monoisotopic (exact) mass is 158 g/mol. The highest BCUT2D eigenvalue weighted by Gasteiger charge is 2.11. The molecule has 0 bridgehead atoms. The Hall–Kier alpha value is -1.37. The first-order valence-corrected chi connectivity index (χ1v) is 4.06. The molecule has 0 heterocycles. The van der Waals surface area contributed by atoms with Crippen LogP contribution in [-0.4, -0.2) is 0 Å². The maximum Gasteiger partial charge on any atom is 0.194 e. The van der Waals surface area contributed by atoms with E-state index in [1.165, 1.54) is 5.57 Å². The molecule has 60 valence electrons. The Morgan fingerprint density at radius 2 is 2.08 bits per heavy atom. The Balaban J connectivity index is 2.57. The van der Waals surface area contributed by atoms with Gasteiger partial charge in [-0.1, -0.05) is 12.1 Å². The summed E-state index contributed by atoms with van der Waals surface area (Å²) in [5.41, 5.74) is 2.59. The summed E-state index contributed by atoms with van der Waals surface area (Å²) in [4.78, 5) is 11.0. The average Bonchev–Trinajstić information content (AvgIpc) is 2.76. The number of benzene rings is 1. The molecule has 0 atom stereocenters. The van der Waals surface area contributed by atoms with E-state index < -0.39 is 0 Å². The summed E-state index contributed by atoms with van der Waals surface area (Å²) in [5.74, 6) is 0. The molecule has 0 spiro atoms. The minimum absolute atomic E-state index is 0.213. The SMILES string of the molecule is CC=C(C)c1ccc2c(=O)c2c1. The Bertz CT molecular complexity index is 468. The van der Waals surface area contributed by atoms with Crippen LogP contribution < -0.4 is 5.43 Å². The lowest BCUT2D eigenvalue weighted by Gasteiger charge is -1.96. The van der Waals surface area contributed by atoms with Crippen LogP contribution in [0.5, 0.6) is 0 Å². The zero-order valence-electron chi connectivity index (χ0n) is 7.22. The molecule has 0 N–H and O–H groups in total. The molecular formula is C11H10O. The molecular weight excluding hydrogens is 148 g/mol. The first-order chi connectivity index (χ1) is 5.74. The van der Waals surface area contributed by atoms with E-state index in [0.29, 0.717) is 0 Å². The third-order valence-corrected chi connectivity index (χ3v) is 2.33. The van der Waals surface area contributed by atoms with E-state index >= 15 is 0 Å². The van der Waals surface area contributed by atoms with Crippen LogP contribution in [0.2, 0.25) is 0 Å². The van der Waals surface area contributed by atoms with Crippen LogP contribution in [0.4, 0.5) is 0 Å². The number of allylic oxidation sites excluding steroid dienone is 2. The molecule has 0 aliphatic rings. The number of hydrogen-bond donors (Lipinski definition) is 0. The lowest BCUT2D eigenvalue weighted by Crippen LogP contribution is -1.74. The van der Waals surface area contributed by atoms with Crippen molar-refractivity contribution in [3.63, 3.8) is 0 Å². The maximum atomic E-state index is 11.0. The van der Waals surface area contributed by atoms with Gasteiger partial charge in [-0.25, -0.2) is 0 Å². The van der Waals surface area contributed by atoms with Crippen molar-refractivity contribution in [3.05, 3.63) is 40.1 Å². The summed E-state index contributed by atoms with van der Waals surface area (Å²) in [6.45, 7) is 4.05. The molecule has 2 aromatic rings. The van der Waals surface area contributed by atoms with Gasteiger partial charge in [-0.3, -0.25) is 4.79 Å². The second kappa shape index (κ2) is 2.31. The predicted octanol–water partition coefficient (Wildman–Crippen LogP) is 2.50. The van der Waals surface area contributed by atoms with Gasteiger partial charge in [0.15, 0.2) is 5.43 Å². The Morgan fingerprint density at radius 1 is 1.33 bits per heavy atom. The van der Waals surface area contributed by atoms with Gasteiger partial charge in [-0.05, 0) is 37.1 Å². The summed E-state index contributed by atoms with van der Waals surface area (Å²) >= 11 is 0. The maximum absolute atomic E-state index is 11.0. The van der Waals surface area contributed by atoms with Gasteiger partial charge in [-0.15, -0.1) is 0 Å². The second-order valence-electron chi connectivity index (χ2n) is 3.06. The number of hydrogen-bond acceptors (Lipinski definition) is 1. The first-order valence-electron chi connectivity index (χ1n) is 4.06. The highest BCUT2D eigenvalue weighted by Crippen LogP contribution is 2.21. The van der Waals surface area contributed by atoms with Gasteiger partial charge in [0, 0.05) is 10.8 Å². The average molecular weight is 158 g/mol. The van der Waals surface area contributed by atoms with E-state index in [9.17, 15) is 4.79 Å². The number of rotatable bonds is 1. The van der Waals surface area contributed by atoms with Crippen LogP contribution in [0.25, 0.3) is 16.3 Å². The highest BCUT2D eigenvalue weighted by atomic mass is 16.1. The molecule has 12 heavy (non-hydrogen) atoms. The third kappa shape index (κ3) is 0.900. The van der Waals surface area contributed by atoms with Crippen LogP contribution >= 0.6 is 0 Å². The molecule has 1 nitrogen and oxygen atoms in total. The lowest BCUT2D eigenvalue weighted by atomic mass is 10.1. The van der Waals surface area contributed by atoms with Gasteiger partial charge in [0.25, 0.3) is 0 Å². The summed E-state index contributed by atoms with van der Waals surface area (Å²) in [6.07, 6.45) is 2.05. The molecule has 0 radical (unpaired) electrons. The van der Waals surface area contributed by atoms with Crippen molar-refractivity contribution in [1.82, 2.24) is 0 Å². The zero-order chi connectivity index (χ0) is 8.72. The third-order valence-electron chi connectivity index (χ3n) is 2.33. The van der Waals surface area contributed by atoms with Crippen molar-refractivity contribution >= 4 is 16.3 Å². The molecule has 0 aliphatic heterocycles. The zero-order valence-corrected chi connectivity index (χ0v) is 7.22. The fraction of sp³-hybridized carbons (Fsp3) is 0.182. The molecule has 0 saturated carbocycles. The van der Waals surface area contributed by atoms with Crippen LogP contribution in [0.15, 0.2) is 29.1 Å². The molecule has 0 unspecified atom stereocenters. The van der Waals surface area contributed by atoms with Crippen LogP contribution in [0.3, 0.4) is 0 Å². The van der Waals surface area contributed by atoms with E-state index in [-0.39, 0.29) is 5.43 Å². The summed E-state index contributed by atoms with van der Waals surface area (Å²) in [7, 11) is 0. The van der Waals surface area contributed by atoms with E-state index in [1.807, 2.05) is 25.1 Å². The smallest absolute Gasteiger partial charge is 0.194 e. The predicted molar refractivity (Wildman–Crippen MR) is 51.9 cm³/mol. The fourth-order valence-corrected chi connectivity index (χ4v) is 1.30. The van der Waals surface area contributed by atoms with Crippen LogP contribution in [-0.2, 0) is 0 Å². The van der Waals surface area contributed by atoms with Gasteiger partial charge in [0.2, 0.25) is 0 Å². The van der Waals surface area contributed by atoms with Gasteiger partial charge >= 0.3 is 0 Å². The van der Waals surface area contributed by atoms with Gasteiger partial charge < -0.3 is 0 Å². The van der Waals surface area contributed by atoms with Crippen LogP contribution in [0, 0.1) is 0 Å². The van der Waals surface area contributed by atoms with Gasteiger partial charge in [0.05, 0.1) is 0 Å². The fourth-order valence-electron chi connectivity index (χ4n) is 1.30. The standard InChI is InChI=1S/C11H10O/c1-3-7(2)8-4-5-9-10(6-8)11(9)12/h3-6H,1-2H3. The summed E-state index contributed by atoms with van der Waals surface area (Å²) in [5, 5.41) is 1.79. The molecule has 0 saturated heterocycles. The number of fused-ring (bicyclic) bond motifs is 1. The minimum Gasteiger partial charge on any atom is -0.289 e. The normalized spacial score (nSPS) is 13.0. The van der Waals surface area contributed by atoms with Crippen molar-refractivity contribution in [2.75, 3.05) is 0 Å². The van der Waals surface area contributed by atoms with Crippen molar-refractivity contribution in [2.45, 2.75) is 13.8 Å². The van der Waals surface area contributed by atoms with Crippen molar-refractivity contribution in [3.8, 4) is 0 Å². The topological polar surface area (TPSA) is 17.1 Å². The van der Waals surface area contributed by atoms with Crippen molar-refractivity contribution in [1.29, 1.82) is 0 Å². The Kier molecular flexibility index (Phi) is 1.40. The summed E-state index contributed by atoms with van der Waals surface area (Å²) in [6, 6.07) is 5.87. The van der Waals surface area contributed by atoms with E-state index in [0.717, 1.165) is 16.3 Å². The van der Waals surface area contributed by atoms with E-state index in [1.54, 1.807) is 0 Å². The highest BCUT2D eigenvalue weighted by molar-refractivity contribution is 5.99. The van der Waals surface area contributed by atoms with E-state index in [4.69, 9.17) is 0 Å². The van der Waals surface area contributed by atoms with Crippen molar-refractivity contribution in [2.24, 2.45) is 0 Å². The largest absolute Gasteiger partial charge is 0.289 e. The Morgan fingerprint density at radius 3 is 2.67 bits per heavy atom. The molecule has 1 heteroatoms. The molecule has 0 fully saturated rings. The molecule has 0 amide bonds. The van der Waals surface area contributed by atoms with E-state index in [2.05, 4.69) is 13.0 Å².